The number of amides is 1. The summed E-state index contributed by atoms with van der Waals surface area (Å²) in [5.74, 6) is -0.101. The Morgan fingerprint density at radius 3 is 2.73 bits per heavy atom. The van der Waals surface area contributed by atoms with Crippen LogP contribution < -0.4 is 5.32 Å². The van der Waals surface area contributed by atoms with E-state index in [2.05, 4.69) is 39.0 Å². The first kappa shape index (κ1) is 15.7. The minimum Gasteiger partial charge on any atom is -0.393 e. The minimum atomic E-state index is -0.957. The zero-order valence-electron chi connectivity index (χ0n) is 12.7. The van der Waals surface area contributed by atoms with Gasteiger partial charge in [0.2, 0.25) is 0 Å². The van der Waals surface area contributed by atoms with E-state index in [1.807, 2.05) is 12.1 Å². The molecule has 3 rings (SSSR count). The SMILES string of the molecule is C=NC1(C(=O)NC)c2cc(Br)ccc2CC12CCC(O)CC2. The molecule has 1 aromatic rings. The molecule has 1 spiro atoms. The van der Waals surface area contributed by atoms with Gasteiger partial charge in [-0.1, -0.05) is 22.0 Å². The number of fused-ring (bicyclic) bond motifs is 1. The molecule has 0 bridgehead atoms. The maximum atomic E-state index is 12.9. The Hall–Kier alpha value is -1.20. The Bertz CT molecular complexity index is 623. The summed E-state index contributed by atoms with van der Waals surface area (Å²) in [6, 6.07) is 6.08. The average molecular weight is 365 g/mol. The number of aliphatic imine (C=N–C) groups is 1. The summed E-state index contributed by atoms with van der Waals surface area (Å²) in [4.78, 5) is 17.3. The number of halogens is 1. The molecule has 2 aliphatic carbocycles. The minimum absolute atomic E-state index is 0.101. The molecule has 118 valence electrons. The second-order valence-electron chi connectivity index (χ2n) is 6.44. The summed E-state index contributed by atoms with van der Waals surface area (Å²) in [5, 5.41) is 12.7. The van der Waals surface area contributed by atoms with Crippen molar-refractivity contribution in [3.63, 3.8) is 0 Å². The Kier molecular flexibility index (Phi) is 3.89. The highest BCUT2D eigenvalue weighted by molar-refractivity contribution is 9.10. The number of benzene rings is 1. The molecule has 0 saturated heterocycles. The van der Waals surface area contributed by atoms with E-state index in [4.69, 9.17) is 0 Å². The first-order valence-electron chi connectivity index (χ1n) is 7.66. The smallest absolute Gasteiger partial charge is 0.252 e. The number of nitrogens with one attached hydrogen (secondary N) is 1. The number of hydrogen-bond donors (Lipinski definition) is 2. The van der Waals surface area contributed by atoms with Crippen molar-refractivity contribution in [1.82, 2.24) is 5.32 Å². The largest absolute Gasteiger partial charge is 0.393 e. The molecule has 2 N–H and O–H groups in total. The third-order valence-electron chi connectivity index (χ3n) is 5.46. The molecular weight excluding hydrogens is 344 g/mol. The van der Waals surface area contributed by atoms with E-state index >= 15 is 0 Å². The summed E-state index contributed by atoms with van der Waals surface area (Å²) in [5.41, 5.74) is 0.876. The van der Waals surface area contributed by atoms with Crippen LogP contribution in [-0.4, -0.2) is 30.9 Å². The van der Waals surface area contributed by atoms with Crippen molar-refractivity contribution in [2.75, 3.05) is 7.05 Å². The molecule has 2 aliphatic rings. The van der Waals surface area contributed by atoms with E-state index in [9.17, 15) is 9.90 Å². The highest BCUT2D eigenvalue weighted by Gasteiger charge is 2.62. The molecule has 1 saturated carbocycles. The van der Waals surface area contributed by atoms with Gasteiger partial charge < -0.3 is 10.4 Å². The molecular formula is C17H21BrN2O2. The number of aliphatic hydroxyl groups excluding tert-OH is 1. The van der Waals surface area contributed by atoms with Crippen molar-refractivity contribution in [1.29, 1.82) is 0 Å². The maximum Gasteiger partial charge on any atom is 0.252 e. The predicted octanol–water partition coefficient (Wildman–Crippen LogP) is 2.57. The van der Waals surface area contributed by atoms with Gasteiger partial charge in [-0.3, -0.25) is 9.79 Å². The molecule has 0 heterocycles. The van der Waals surface area contributed by atoms with Crippen LogP contribution in [0.2, 0.25) is 0 Å². The lowest BCUT2D eigenvalue weighted by Crippen LogP contribution is -2.53. The Labute approximate surface area is 139 Å². The highest BCUT2D eigenvalue weighted by atomic mass is 79.9. The topological polar surface area (TPSA) is 61.7 Å². The highest BCUT2D eigenvalue weighted by Crippen LogP contribution is 2.59. The van der Waals surface area contributed by atoms with Crippen molar-refractivity contribution in [3.8, 4) is 0 Å². The lowest BCUT2D eigenvalue weighted by atomic mass is 9.61. The van der Waals surface area contributed by atoms with Crippen molar-refractivity contribution >= 4 is 28.6 Å². The summed E-state index contributed by atoms with van der Waals surface area (Å²) in [7, 11) is 1.65. The summed E-state index contributed by atoms with van der Waals surface area (Å²) in [6.07, 6.45) is 3.54. The molecule has 1 amide bonds. The van der Waals surface area contributed by atoms with Crippen LogP contribution in [0, 0.1) is 5.41 Å². The van der Waals surface area contributed by atoms with Gasteiger partial charge in [-0.05, 0) is 62.1 Å². The molecule has 1 aromatic carbocycles. The summed E-state index contributed by atoms with van der Waals surface area (Å²) >= 11 is 3.51. The fraction of sp³-hybridized carbons (Fsp3) is 0.529. The third-order valence-corrected chi connectivity index (χ3v) is 5.96. The predicted molar refractivity (Wildman–Crippen MR) is 90.0 cm³/mol. The van der Waals surface area contributed by atoms with E-state index in [0.29, 0.717) is 12.8 Å². The molecule has 0 aliphatic heterocycles. The van der Waals surface area contributed by atoms with Gasteiger partial charge in [0.1, 0.15) is 0 Å². The van der Waals surface area contributed by atoms with Crippen LogP contribution in [0.25, 0.3) is 0 Å². The van der Waals surface area contributed by atoms with Crippen LogP contribution in [-0.2, 0) is 16.8 Å². The van der Waals surface area contributed by atoms with Gasteiger partial charge in [0, 0.05) is 16.9 Å². The van der Waals surface area contributed by atoms with Gasteiger partial charge in [-0.25, -0.2) is 0 Å². The monoisotopic (exact) mass is 364 g/mol. The number of carbonyl (C=O) groups excluding carboxylic acids is 1. The van der Waals surface area contributed by atoms with Gasteiger partial charge in [-0.2, -0.15) is 0 Å². The zero-order chi connectivity index (χ0) is 16.0. The second-order valence-corrected chi connectivity index (χ2v) is 7.35. The number of nitrogens with zero attached hydrogens (tertiary/aromatic N) is 1. The summed E-state index contributed by atoms with van der Waals surface area (Å²) in [6.45, 7) is 3.79. The van der Waals surface area contributed by atoms with E-state index in [1.54, 1.807) is 7.05 Å². The van der Waals surface area contributed by atoms with E-state index in [1.165, 1.54) is 0 Å². The van der Waals surface area contributed by atoms with Crippen LogP contribution in [0.1, 0.15) is 36.8 Å². The number of aliphatic hydroxyl groups is 1. The third kappa shape index (κ3) is 1.98. The molecule has 4 nitrogen and oxygen atoms in total. The van der Waals surface area contributed by atoms with E-state index in [-0.39, 0.29) is 17.4 Å². The Balaban J connectivity index is 2.20. The fourth-order valence-electron chi connectivity index (χ4n) is 4.38. The molecule has 5 heteroatoms. The fourth-order valence-corrected chi connectivity index (χ4v) is 4.74. The number of rotatable bonds is 2. The lowest BCUT2D eigenvalue weighted by Gasteiger charge is -2.45. The van der Waals surface area contributed by atoms with Crippen LogP contribution in [0.3, 0.4) is 0 Å². The summed E-state index contributed by atoms with van der Waals surface area (Å²) < 4.78 is 0.941. The van der Waals surface area contributed by atoms with Gasteiger partial charge >= 0.3 is 0 Å². The van der Waals surface area contributed by atoms with Crippen LogP contribution in [0.4, 0.5) is 0 Å². The Morgan fingerprint density at radius 2 is 2.14 bits per heavy atom. The van der Waals surface area contributed by atoms with Gasteiger partial charge in [-0.15, -0.1) is 0 Å². The van der Waals surface area contributed by atoms with Crippen molar-refractivity contribution < 1.29 is 9.90 Å². The molecule has 1 unspecified atom stereocenters. The standard InChI is InChI=1S/C17H21BrN2O2/c1-19-15(22)17(20-2)14-9-12(18)4-3-11(14)10-16(17)7-5-13(21)6-8-16/h3-4,9,13,21H,2,5-8,10H2,1H3,(H,19,22). The Morgan fingerprint density at radius 1 is 1.45 bits per heavy atom. The van der Waals surface area contributed by atoms with Crippen LogP contribution in [0.15, 0.2) is 27.7 Å². The quantitative estimate of drug-likeness (QED) is 0.792. The molecule has 0 aromatic heterocycles. The maximum absolute atomic E-state index is 12.9. The molecule has 0 radical (unpaired) electrons. The molecule has 1 fully saturated rings. The van der Waals surface area contributed by atoms with Gasteiger partial charge in [0.15, 0.2) is 5.54 Å². The first-order chi connectivity index (χ1) is 10.5. The van der Waals surface area contributed by atoms with Crippen molar-refractivity contribution in [2.24, 2.45) is 10.4 Å². The number of likely N-dealkylation sites (N-methyl/N-ethyl adjacent to an activating group) is 1. The molecule has 1 atom stereocenters. The van der Waals surface area contributed by atoms with Gasteiger partial charge in [0.25, 0.3) is 5.91 Å². The van der Waals surface area contributed by atoms with E-state index in [0.717, 1.165) is 34.9 Å². The van der Waals surface area contributed by atoms with Crippen LogP contribution in [0.5, 0.6) is 0 Å². The zero-order valence-corrected chi connectivity index (χ0v) is 14.3. The van der Waals surface area contributed by atoms with Crippen molar-refractivity contribution in [2.45, 2.75) is 43.7 Å². The normalized spacial score (nSPS) is 33.5. The lowest BCUT2D eigenvalue weighted by molar-refractivity contribution is -0.132. The molecule has 22 heavy (non-hydrogen) atoms. The van der Waals surface area contributed by atoms with Crippen LogP contribution >= 0.6 is 15.9 Å². The number of carbonyl (C=O) groups is 1. The first-order valence-corrected chi connectivity index (χ1v) is 8.45. The van der Waals surface area contributed by atoms with Crippen molar-refractivity contribution in [3.05, 3.63) is 33.8 Å². The average Bonchev–Trinajstić information content (AvgIpc) is 2.79. The second kappa shape index (κ2) is 5.46. The van der Waals surface area contributed by atoms with E-state index < -0.39 is 5.54 Å². The number of hydrogen-bond acceptors (Lipinski definition) is 3. The van der Waals surface area contributed by atoms with Gasteiger partial charge in [0.05, 0.1) is 6.10 Å².